The first-order valence-corrected chi connectivity index (χ1v) is 8.46. The summed E-state index contributed by atoms with van der Waals surface area (Å²) in [5, 5.41) is 0.767. The molecule has 1 aliphatic rings. The number of anilines is 1. The van der Waals surface area contributed by atoms with Crippen molar-refractivity contribution in [2.24, 2.45) is 5.84 Å². The van der Waals surface area contributed by atoms with Crippen molar-refractivity contribution in [3.05, 3.63) is 30.3 Å². The number of nitrogens with zero attached hydrogens (tertiary/aromatic N) is 1. The third kappa shape index (κ3) is 2.99. The highest BCUT2D eigenvalue weighted by atomic mass is 32.2. The lowest BCUT2D eigenvalue weighted by Gasteiger charge is -2.13. The Morgan fingerprint density at radius 1 is 1.14 bits per heavy atom. The van der Waals surface area contributed by atoms with Crippen LogP contribution < -0.4 is 16.0 Å². The molecule has 112 valence electrons. The van der Waals surface area contributed by atoms with Gasteiger partial charge in [-0.05, 0) is 43.2 Å². The molecule has 0 radical (unpaired) electrons. The summed E-state index contributed by atoms with van der Waals surface area (Å²) in [6.45, 7) is 0. The van der Waals surface area contributed by atoms with Gasteiger partial charge in [0.25, 0.3) is 0 Å². The van der Waals surface area contributed by atoms with Crippen LogP contribution in [-0.4, -0.2) is 19.4 Å². The monoisotopic (exact) mass is 306 g/mol. The highest BCUT2D eigenvalue weighted by Crippen LogP contribution is 2.23. The van der Waals surface area contributed by atoms with Gasteiger partial charge >= 0.3 is 0 Å². The zero-order valence-electron chi connectivity index (χ0n) is 11.5. The number of nitrogen functional groups attached to an aromatic ring is 1. The molecular formula is C14H18N4O2S. The molecule has 0 spiro atoms. The van der Waals surface area contributed by atoms with Crippen LogP contribution in [0.2, 0.25) is 0 Å². The summed E-state index contributed by atoms with van der Waals surface area (Å²) in [5.74, 6) is 5.86. The highest BCUT2D eigenvalue weighted by molar-refractivity contribution is 7.89. The fourth-order valence-corrected chi connectivity index (χ4v) is 4.02. The molecule has 1 aliphatic carbocycles. The van der Waals surface area contributed by atoms with Gasteiger partial charge in [0.05, 0.1) is 10.4 Å². The molecule has 1 fully saturated rings. The lowest BCUT2D eigenvalue weighted by Crippen LogP contribution is -2.32. The van der Waals surface area contributed by atoms with Crippen LogP contribution in [0.25, 0.3) is 10.9 Å². The van der Waals surface area contributed by atoms with Crippen molar-refractivity contribution in [1.82, 2.24) is 9.71 Å². The number of hydrazine groups is 1. The zero-order valence-corrected chi connectivity index (χ0v) is 12.4. The van der Waals surface area contributed by atoms with E-state index in [1.807, 2.05) is 0 Å². The number of hydrogen-bond acceptors (Lipinski definition) is 5. The van der Waals surface area contributed by atoms with E-state index in [0.29, 0.717) is 11.3 Å². The maximum absolute atomic E-state index is 12.4. The second-order valence-corrected chi connectivity index (χ2v) is 7.01. The Bertz CT molecular complexity index is 755. The van der Waals surface area contributed by atoms with E-state index in [-0.39, 0.29) is 10.9 Å². The minimum atomic E-state index is -3.47. The number of benzene rings is 1. The lowest BCUT2D eigenvalue weighted by molar-refractivity contribution is 0.552. The zero-order chi connectivity index (χ0) is 14.9. The molecule has 0 bridgehead atoms. The summed E-state index contributed by atoms with van der Waals surface area (Å²) in [6, 6.07) is 8.48. The van der Waals surface area contributed by atoms with Gasteiger partial charge in [0, 0.05) is 11.4 Å². The summed E-state index contributed by atoms with van der Waals surface area (Å²) in [6.07, 6.45) is 4.01. The number of rotatable bonds is 4. The van der Waals surface area contributed by atoms with Gasteiger partial charge in [0.15, 0.2) is 0 Å². The molecule has 1 aromatic carbocycles. The van der Waals surface area contributed by atoms with Crippen LogP contribution in [0.5, 0.6) is 0 Å². The standard InChI is InChI=1S/C14H18N4O2S/c15-17-14-8-5-10-9-12(6-7-13(10)16-14)21(19,20)18-11-3-1-2-4-11/h5-9,11,18H,1-4,15H2,(H,16,17). The van der Waals surface area contributed by atoms with Crippen LogP contribution in [0.1, 0.15) is 25.7 Å². The van der Waals surface area contributed by atoms with Gasteiger partial charge < -0.3 is 5.43 Å². The summed E-state index contributed by atoms with van der Waals surface area (Å²) in [4.78, 5) is 4.54. The van der Waals surface area contributed by atoms with Gasteiger partial charge in [-0.25, -0.2) is 24.0 Å². The number of hydrogen-bond donors (Lipinski definition) is 3. The molecule has 0 amide bonds. The molecule has 7 heteroatoms. The molecule has 0 saturated heterocycles. The van der Waals surface area contributed by atoms with Crippen molar-refractivity contribution >= 4 is 26.7 Å². The molecule has 1 saturated carbocycles. The van der Waals surface area contributed by atoms with Gasteiger partial charge in [-0.15, -0.1) is 0 Å². The van der Waals surface area contributed by atoms with Gasteiger partial charge in [0.2, 0.25) is 10.0 Å². The largest absolute Gasteiger partial charge is 0.308 e. The molecule has 2 aromatic rings. The SMILES string of the molecule is NNc1ccc2cc(S(=O)(=O)NC3CCCC3)ccc2n1. The van der Waals surface area contributed by atoms with Gasteiger partial charge in [-0.3, -0.25) is 0 Å². The summed E-state index contributed by atoms with van der Waals surface area (Å²) in [5.41, 5.74) is 3.17. The maximum Gasteiger partial charge on any atom is 0.240 e. The fourth-order valence-electron chi connectivity index (χ4n) is 2.68. The fraction of sp³-hybridized carbons (Fsp3) is 0.357. The molecule has 0 aliphatic heterocycles. The van der Waals surface area contributed by atoms with Crippen molar-refractivity contribution in [3.8, 4) is 0 Å². The van der Waals surface area contributed by atoms with Crippen molar-refractivity contribution in [3.63, 3.8) is 0 Å². The minimum absolute atomic E-state index is 0.0626. The van der Waals surface area contributed by atoms with E-state index in [1.165, 1.54) is 0 Å². The van der Waals surface area contributed by atoms with E-state index >= 15 is 0 Å². The van der Waals surface area contributed by atoms with Crippen molar-refractivity contribution in [2.75, 3.05) is 5.43 Å². The topological polar surface area (TPSA) is 97.1 Å². The number of fused-ring (bicyclic) bond motifs is 1. The van der Waals surface area contributed by atoms with Crippen LogP contribution in [0.3, 0.4) is 0 Å². The van der Waals surface area contributed by atoms with Gasteiger partial charge in [0.1, 0.15) is 5.82 Å². The molecular weight excluding hydrogens is 288 g/mol. The average molecular weight is 306 g/mol. The van der Waals surface area contributed by atoms with Gasteiger partial charge in [-0.1, -0.05) is 12.8 Å². The predicted molar refractivity (Wildman–Crippen MR) is 82.1 cm³/mol. The molecule has 21 heavy (non-hydrogen) atoms. The van der Waals surface area contributed by atoms with Crippen LogP contribution >= 0.6 is 0 Å². The second-order valence-electron chi connectivity index (χ2n) is 5.30. The van der Waals surface area contributed by atoms with E-state index in [2.05, 4.69) is 15.1 Å². The number of sulfonamides is 1. The molecule has 0 unspecified atom stereocenters. The Morgan fingerprint density at radius 3 is 2.62 bits per heavy atom. The quantitative estimate of drug-likeness (QED) is 0.590. The maximum atomic E-state index is 12.4. The highest BCUT2D eigenvalue weighted by Gasteiger charge is 2.23. The average Bonchev–Trinajstić information content (AvgIpc) is 2.98. The first kappa shape index (κ1) is 14.2. The molecule has 0 atom stereocenters. The van der Waals surface area contributed by atoms with Crippen molar-refractivity contribution in [1.29, 1.82) is 0 Å². The Hall–Kier alpha value is -1.70. The van der Waals surface area contributed by atoms with Crippen molar-refractivity contribution < 1.29 is 8.42 Å². The lowest BCUT2D eigenvalue weighted by atomic mass is 10.2. The number of aromatic nitrogens is 1. The van der Waals surface area contributed by atoms with E-state index in [1.54, 1.807) is 30.3 Å². The summed E-state index contributed by atoms with van der Waals surface area (Å²) in [7, 11) is -3.47. The second kappa shape index (κ2) is 5.59. The van der Waals surface area contributed by atoms with Crippen LogP contribution in [0.15, 0.2) is 35.2 Å². The number of nitrogens with two attached hydrogens (primary N) is 1. The molecule has 4 N–H and O–H groups in total. The van der Waals surface area contributed by atoms with E-state index < -0.39 is 10.0 Å². The first-order valence-electron chi connectivity index (χ1n) is 6.98. The number of nitrogens with one attached hydrogen (secondary N) is 2. The summed E-state index contributed by atoms with van der Waals surface area (Å²) < 4.78 is 27.6. The van der Waals surface area contributed by atoms with E-state index in [4.69, 9.17) is 5.84 Å². The molecule has 6 nitrogen and oxygen atoms in total. The number of pyridine rings is 1. The van der Waals surface area contributed by atoms with Crippen LogP contribution in [0.4, 0.5) is 5.82 Å². The van der Waals surface area contributed by atoms with Crippen molar-refractivity contribution in [2.45, 2.75) is 36.6 Å². The Balaban J connectivity index is 1.92. The third-order valence-corrected chi connectivity index (χ3v) is 5.31. The van der Waals surface area contributed by atoms with Crippen LogP contribution in [0, 0.1) is 0 Å². The minimum Gasteiger partial charge on any atom is -0.308 e. The molecule has 1 aromatic heterocycles. The Labute approximate surface area is 123 Å². The van der Waals surface area contributed by atoms with E-state index in [0.717, 1.165) is 31.1 Å². The van der Waals surface area contributed by atoms with Gasteiger partial charge in [-0.2, -0.15) is 0 Å². The van der Waals surface area contributed by atoms with E-state index in [9.17, 15) is 8.42 Å². The first-order chi connectivity index (χ1) is 10.1. The Morgan fingerprint density at radius 2 is 1.90 bits per heavy atom. The summed E-state index contributed by atoms with van der Waals surface area (Å²) >= 11 is 0. The Kier molecular flexibility index (Phi) is 3.79. The molecule has 1 heterocycles. The van der Waals surface area contributed by atoms with Crippen LogP contribution in [-0.2, 0) is 10.0 Å². The smallest absolute Gasteiger partial charge is 0.240 e. The predicted octanol–water partition coefficient (Wildman–Crippen LogP) is 1.74. The third-order valence-electron chi connectivity index (χ3n) is 3.80. The molecule has 3 rings (SSSR count). The normalized spacial score (nSPS) is 16.4.